The Morgan fingerprint density at radius 2 is 1.41 bits per heavy atom. The molecule has 0 atom stereocenters. The Morgan fingerprint density at radius 3 is 1.45 bits per heavy atom. The molecule has 0 saturated carbocycles. The second kappa shape index (κ2) is 15.5. The van der Waals surface area contributed by atoms with Crippen molar-refractivity contribution in [1.82, 2.24) is 15.1 Å². The molecule has 0 aromatic carbocycles. The predicted octanol–water partition coefficient (Wildman–Crippen LogP) is 1.85. The topological polar surface area (TPSA) is 79.0 Å². The molecular weight excluding hydrogens is 286 g/mol. The van der Waals surface area contributed by atoms with Crippen molar-refractivity contribution in [3.63, 3.8) is 0 Å². The first-order valence-corrected chi connectivity index (χ1v) is 6.94. The minimum absolute atomic E-state index is 0.00463. The van der Waals surface area contributed by atoms with Crippen LogP contribution < -0.4 is 5.32 Å². The molecule has 1 aliphatic rings. The average Bonchev–Trinajstić information content (AvgIpc) is 2.53. The molecule has 1 fully saturated rings. The maximum absolute atomic E-state index is 10.6. The lowest BCUT2D eigenvalue weighted by Crippen LogP contribution is -2.52. The average molecular weight is 317 g/mol. The van der Waals surface area contributed by atoms with Gasteiger partial charge in [0.05, 0.1) is 0 Å². The van der Waals surface area contributed by atoms with Crippen molar-refractivity contribution in [1.29, 1.82) is 0 Å². The van der Waals surface area contributed by atoms with Crippen LogP contribution in [0.15, 0.2) is 12.4 Å². The van der Waals surface area contributed by atoms with Crippen LogP contribution in [0.2, 0.25) is 0 Å². The summed E-state index contributed by atoms with van der Waals surface area (Å²) in [5.74, 6) is 1.11. The van der Waals surface area contributed by atoms with Gasteiger partial charge in [-0.25, -0.2) is 4.79 Å². The molecule has 0 spiro atoms. The number of hydrogen-bond acceptors (Lipinski definition) is 4. The van der Waals surface area contributed by atoms with Crippen LogP contribution in [0.4, 0.5) is 4.79 Å². The van der Waals surface area contributed by atoms with E-state index in [-0.39, 0.29) is 11.9 Å². The molecule has 7 nitrogen and oxygen atoms in total. The molecule has 0 unspecified atom stereocenters. The quantitative estimate of drug-likeness (QED) is 0.843. The zero-order valence-electron chi connectivity index (χ0n) is 15.1. The molecule has 0 aliphatic carbocycles. The number of carbonyl (C=O) groups is 3. The summed E-state index contributed by atoms with van der Waals surface area (Å²) in [5.41, 5.74) is 0. The maximum atomic E-state index is 10.6. The van der Waals surface area contributed by atoms with Gasteiger partial charge >= 0.3 is 6.03 Å². The number of ketones is 1. The van der Waals surface area contributed by atoms with Gasteiger partial charge in [0.25, 0.3) is 0 Å². The van der Waals surface area contributed by atoms with Gasteiger partial charge in [-0.15, -0.1) is 0 Å². The molecule has 1 aliphatic heterocycles. The van der Waals surface area contributed by atoms with E-state index < -0.39 is 0 Å². The second-order valence-electron chi connectivity index (χ2n) is 4.28. The van der Waals surface area contributed by atoms with E-state index in [4.69, 9.17) is 0 Å². The summed E-state index contributed by atoms with van der Waals surface area (Å²) in [6.07, 6.45) is 1.38. The highest BCUT2D eigenvalue weighted by Gasteiger charge is 2.30. The molecule has 130 valence electrons. The van der Waals surface area contributed by atoms with E-state index in [1.165, 1.54) is 16.7 Å². The maximum Gasteiger partial charge on any atom is 0.330 e. The summed E-state index contributed by atoms with van der Waals surface area (Å²) in [7, 11) is 8.25. The standard InChI is InChI=1S/C5H8N2O.C5H10O.C3H7NO.C2H6O/c1-4-6(2)5(8)7(4)3;1-3-5(6)4-2;1-3(5)4-2;1-3-2/h1H2,2-3H3;3-4H2,1-2H3;1-2H3,(H,4,5);1-2H3. The Kier molecular flexibility index (Phi) is 17.7. The number of hydrogen-bond donors (Lipinski definition) is 1. The summed E-state index contributed by atoms with van der Waals surface area (Å²) >= 11 is 0. The summed E-state index contributed by atoms with van der Waals surface area (Å²) in [5, 5.41) is 2.39. The second-order valence-corrected chi connectivity index (χ2v) is 4.28. The molecule has 0 aromatic rings. The molecule has 7 heteroatoms. The van der Waals surface area contributed by atoms with Gasteiger partial charge in [0.15, 0.2) is 0 Å². The van der Waals surface area contributed by atoms with Gasteiger partial charge in [-0.1, -0.05) is 20.4 Å². The van der Waals surface area contributed by atoms with E-state index in [2.05, 4.69) is 16.6 Å². The Labute approximate surface area is 134 Å². The summed E-state index contributed by atoms with van der Waals surface area (Å²) in [6, 6.07) is 0.00926. The van der Waals surface area contributed by atoms with Gasteiger partial charge in [-0.3, -0.25) is 19.4 Å². The predicted molar refractivity (Wildman–Crippen MR) is 88.3 cm³/mol. The van der Waals surface area contributed by atoms with Crippen molar-refractivity contribution < 1.29 is 19.1 Å². The van der Waals surface area contributed by atoms with Crippen molar-refractivity contribution in [2.45, 2.75) is 33.6 Å². The van der Waals surface area contributed by atoms with Crippen molar-refractivity contribution in [3.05, 3.63) is 12.4 Å². The van der Waals surface area contributed by atoms with Crippen molar-refractivity contribution >= 4 is 17.7 Å². The van der Waals surface area contributed by atoms with Crippen LogP contribution in [0.25, 0.3) is 0 Å². The molecule has 0 radical (unpaired) electrons. The summed E-state index contributed by atoms with van der Waals surface area (Å²) in [6.45, 7) is 8.84. The molecule has 1 heterocycles. The smallest absolute Gasteiger partial charge is 0.330 e. The van der Waals surface area contributed by atoms with Gasteiger partial charge in [-0.2, -0.15) is 0 Å². The van der Waals surface area contributed by atoms with Gasteiger partial charge in [0.2, 0.25) is 5.91 Å². The Hall–Kier alpha value is -1.89. The first-order valence-electron chi connectivity index (χ1n) is 6.94. The number of carbonyl (C=O) groups excluding carboxylic acids is 3. The van der Waals surface area contributed by atoms with Crippen LogP contribution in [0, 0.1) is 0 Å². The molecule has 22 heavy (non-hydrogen) atoms. The molecule has 0 aromatic heterocycles. The molecule has 1 saturated heterocycles. The van der Waals surface area contributed by atoms with Crippen LogP contribution in [0.5, 0.6) is 0 Å². The van der Waals surface area contributed by atoms with E-state index in [9.17, 15) is 14.4 Å². The fourth-order valence-electron chi connectivity index (χ4n) is 0.876. The normalized spacial score (nSPS) is 11.6. The highest BCUT2D eigenvalue weighted by molar-refractivity contribution is 5.84. The van der Waals surface area contributed by atoms with E-state index in [0.717, 1.165) is 5.82 Å². The van der Waals surface area contributed by atoms with E-state index in [1.807, 2.05) is 13.8 Å². The molecular formula is C15H31N3O4. The zero-order chi connectivity index (χ0) is 18.3. The third-order valence-electron chi connectivity index (χ3n) is 2.49. The third-order valence-corrected chi connectivity index (χ3v) is 2.49. The Balaban J connectivity index is -0.000000233. The molecule has 3 amide bonds. The minimum Gasteiger partial charge on any atom is -0.388 e. The monoisotopic (exact) mass is 317 g/mol. The van der Waals surface area contributed by atoms with Crippen LogP contribution in [0.3, 0.4) is 0 Å². The Morgan fingerprint density at radius 1 is 1.14 bits per heavy atom. The number of methoxy groups -OCH3 is 1. The highest BCUT2D eigenvalue weighted by Crippen LogP contribution is 2.17. The summed E-state index contributed by atoms with van der Waals surface area (Å²) in [4.78, 5) is 33.4. The SMILES string of the molecule is C=C1N(C)C(=O)N1C.CCC(=O)CC.CNC(C)=O.COC. The number of rotatable bonds is 2. The Bertz CT molecular complexity index is 321. The largest absolute Gasteiger partial charge is 0.388 e. The fraction of sp³-hybridized carbons (Fsp3) is 0.667. The van der Waals surface area contributed by atoms with Gasteiger partial charge in [0, 0.05) is 55.1 Å². The third kappa shape index (κ3) is 13.1. The number of amides is 3. The van der Waals surface area contributed by atoms with Gasteiger partial charge < -0.3 is 10.1 Å². The zero-order valence-corrected chi connectivity index (χ0v) is 15.1. The van der Waals surface area contributed by atoms with Crippen LogP contribution in [0.1, 0.15) is 33.6 Å². The lowest BCUT2D eigenvalue weighted by molar-refractivity contribution is -0.119. The van der Waals surface area contributed by atoms with Crippen LogP contribution >= 0.6 is 0 Å². The first kappa shape index (κ1) is 25.1. The number of nitrogens with zero attached hydrogens (tertiary/aromatic N) is 2. The van der Waals surface area contributed by atoms with Crippen molar-refractivity contribution in [3.8, 4) is 0 Å². The molecule has 0 bridgehead atoms. The first-order chi connectivity index (χ1) is 10.1. The number of nitrogens with one attached hydrogen (secondary N) is 1. The number of Topliss-reactive ketones (excluding diaryl/α,β-unsaturated/α-hetero) is 1. The number of urea groups is 1. The molecule has 1 N–H and O–H groups in total. The van der Waals surface area contributed by atoms with Gasteiger partial charge in [-0.05, 0) is 0 Å². The van der Waals surface area contributed by atoms with E-state index >= 15 is 0 Å². The lowest BCUT2D eigenvalue weighted by Gasteiger charge is -2.38. The fourth-order valence-corrected chi connectivity index (χ4v) is 0.876. The number of ether oxygens (including phenoxy) is 1. The lowest BCUT2D eigenvalue weighted by atomic mass is 10.3. The van der Waals surface area contributed by atoms with E-state index in [1.54, 1.807) is 35.4 Å². The highest BCUT2D eigenvalue weighted by atomic mass is 16.4. The van der Waals surface area contributed by atoms with Crippen LogP contribution in [-0.4, -0.2) is 62.9 Å². The minimum atomic E-state index is 0.00463. The van der Waals surface area contributed by atoms with Crippen molar-refractivity contribution in [2.75, 3.05) is 35.4 Å². The molecule has 1 rings (SSSR count). The summed E-state index contributed by atoms with van der Waals surface area (Å²) < 4.78 is 4.25. The van der Waals surface area contributed by atoms with Crippen LogP contribution in [-0.2, 0) is 14.3 Å². The van der Waals surface area contributed by atoms with Gasteiger partial charge in [0.1, 0.15) is 11.6 Å². The van der Waals surface area contributed by atoms with E-state index in [0.29, 0.717) is 18.6 Å². The van der Waals surface area contributed by atoms with Crippen molar-refractivity contribution in [2.24, 2.45) is 0 Å².